The average Bonchev–Trinajstić information content (AvgIpc) is 2.88. The van der Waals surface area contributed by atoms with Crippen molar-refractivity contribution in [3.05, 3.63) is 76.1 Å². The van der Waals surface area contributed by atoms with Gasteiger partial charge in [-0.3, -0.25) is 23.9 Å². The Bertz CT molecular complexity index is 1070. The normalized spacial score (nSPS) is 13.5. The largest absolute Gasteiger partial charge is 0.299 e. The summed E-state index contributed by atoms with van der Waals surface area (Å²) in [4.78, 5) is 42.3. The van der Waals surface area contributed by atoms with Gasteiger partial charge in [-0.1, -0.05) is 12.1 Å². The van der Waals surface area contributed by atoms with Gasteiger partial charge >= 0.3 is 0 Å². The highest BCUT2D eigenvalue weighted by Gasteiger charge is 2.34. The number of nitrogens with zero attached hydrogens (tertiary/aromatic N) is 3. The molecule has 0 atom stereocenters. The van der Waals surface area contributed by atoms with Crippen molar-refractivity contribution in [3.63, 3.8) is 0 Å². The predicted molar refractivity (Wildman–Crippen MR) is 92.4 cm³/mol. The molecule has 7 heteroatoms. The Balaban J connectivity index is 1.49. The first-order valence-electron chi connectivity index (χ1n) is 8.16. The second-order valence-electron chi connectivity index (χ2n) is 6.07. The molecule has 26 heavy (non-hydrogen) atoms. The Morgan fingerprint density at radius 3 is 2.31 bits per heavy atom. The van der Waals surface area contributed by atoms with Gasteiger partial charge in [0.05, 0.1) is 28.4 Å². The van der Waals surface area contributed by atoms with Crippen LogP contribution in [0, 0.1) is 5.82 Å². The fourth-order valence-electron chi connectivity index (χ4n) is 3.13. The van der Waals surface area contributed by atoms with Crippen molar-refractivity contribution in [2.45, 2.75) is 13.0 Å². The van der Waals surface area contributed by atoms with Crippen LogP contribution >= 0.6 is 0 Å². The third-order valence-electron chi connectivity index (χ3n) is 4.45. The quantitative estimate of drug-likeness (QED) is 0.676. The number of carbonyl (C=O) groups is 2. The molecule has 1 aliphatic heterocycles. The van der Waals surface area contributed by atoms with Crippen LogP contribution in [-0.4, -0.2) is 32.8 Å². The van der Waals surface area contributed by atoms with E-state index in [2.05, 4.69) is 4.98 Å². The second kappa shape index (κ2) is 6.18. The highest BCUT2D eigenvalue weighted by Crippen LogP contribution is 2.22. The van der Waals surface area contributed by atoms with Gasteiger partial charge in [-0.2, -0.15) is 0 Å². The summed E-state index contributed by atoms with van der Waals surface area (Å²) in [7, 11) is 0. The first-order chi connectivity index (χ1) is 12.6. The predicted octanol–water partition coefficient (Wildman–Crippen LogP) is 2.22. The number of carbonyl (C=O) groups excluding carboxylic acids is 2. The third-order valence-corrected chi connectivity index (χ3v) is 4.45. The summed E-state index contributed by atoms with van der Waals surface area (Å²) in [5, 5.41) is 0.328. The van der Waals surface area contributed by atoms with Crippen LogP contribution in [0.3, 0.4) is 0 Å². The molecule has 1 aromatic heterocycles. The minimum absolute atomic E-state index is 0.209. The van der Waals surface area contributed by atoms with Crippen LogP contribution in [0.25, 0.3) is 10.9 Å². The molecule has 0 unspecified atom stereocenters. The minimum Gasteiger partial charge on any atom is -0.299 e. The second-order valence-corrected chi connectivity index (χ2v) is 6.07. The van der Waals surface area contributed by atoms with Crippen LogP contribution in [0.15, 0.2) is 53.6 Å². The summed E-state index contributed by atoms with van der Waals surface area (Å²) in [5.41, 5.74) is 0.831. The highest BCUT2D eigenvalue weighted by molar-refractivity contribution is 6.21. The zero-order valence-corrected chi connectivity index (χ0v) is 13.7. The number of hydrogen-bond donors (Lipinski definition) is 0. The molecule has 0 radical (unpaired) electrons. The van der Waals surface area contributed by atoms with E-state index < -0.39 is 5.82 Å². The average molecular weight is 351 g/mol. The monoisotopic (exact) mass is 351 g/mol. The number of rotatable bonds is 4. The molecule has 0 bridgehead atoms. The van der Waals surface area contributed by atoms with Crippen molar-refractivity contribution in [1.29, 1.82) is 0 Å². The SMILES string of the molecule is O=C1c2ccccc2C(=O)N1CCCn1cnc2cc(F)ccc2c1=O. The van der Waals surface area contributed by atoms with E-state index in [0.717, 1.165) is 0 Å². The molecular weight excluding hydrogens is 337 g/mol. The van der Waals surface area contributed by atoms with Crippen molar-refractivity contribution < 1.29 is 14.0 Å². The van der Waals surface area contributed by atoms with Crippen LogP contribution in [0.4, 0.5) is 4.39 Å². The van der Waals surface area contributed by atoms with Gasteiger partial charge < -0.3 is 0 Å². The van der Waals surface area contributed by atoms with Gasteiger partial charge in [-0.15, -0.1) is 0 Å². The van der Waals surface area contributed by atoms with Crippen molar-refractivity contribution in [3.8, 4) is 0 Å². The van der Waals surface area contributed by atoms with Gasteiger partial charge in [0.25, 0.3) is 17.4 Å². The first-order valence-corrected chi connectivity index (χ1v) is 8.16. The summed E-state index contributed by atoms with van der Waals surface area (Å²) in [6.45, 7) is 0.507. The summed E-state index contributed by atoms with van der Waals surface area (Å²) in [6, 6.07) is 10.5. The Hall–Kier alpha value is -3.35. The van der Waals surface area contributed by atoms with Crippen LogP contribution in [-0.2, 0) is 6.54 Å². The maximum Gasteiger partial charge on any atom is 0.261 e. The lowest BCUT2D eigenvalue weighted by atomic mass is 10.1. The number of fused-ring (bicyclic) bond motifs is 2. The lowest BCUT2D eigenvalue weighted by molar-refractivity contribution is 0.0650. The number of amides is 2. The summed E-state index contributed by atoms with van der Waals surface area (Å²) < 4.78 is 14.6. The number of aromatic nitrogens is 2. The minimum atomic E-state index is -0.451. The van der Waals surface area contributed by atoms with Crippen LogP contribution in [0.5, 0.6) is 0 Å². The van der Waals surface area contributed by atoms with E-state index in [1.54, 1.807) is 24.3 Å². The zero-order valence-electron chi connectivity index (χ0n) is 13.7. The summed E-state index contributed by atoms with van der Waals surface area (Å²) in [5.74, 6) is -1.08. The van der Waals surface area contributed by atoms with E-state index in [-0.39, 0.29) is 23.9 Å². The van der Waals surface area contributed by atoms with Gasteiger partial charge in [0.2, 0.25) is 0 Å². The number of hydrogen-bond acceptors (Lipinski definition) is 4. The molecule has 0 fully saturated rings. The fraction of sp³-hybridized carbons (Fsp3) is 0.158. The number of imide groups is 1. The van der Waals surface area contributed by atoms with Crippen molar-refractivity contribution in [2.75, 3.05) is 6.54 Å². The third kappa shape index (κ3) is 2.57. The van der Waals surface area contributed by atoms with Gasteiger partial charge in [0, 0.05) is 19.2 Å². The summed E-state index contributed by atoms with van der Waals surface area (Å²) >= 11 is 0. The van der Waals surface area contributed by atoms with E-state index in [0.29, 0.717) is 35.0 Å². The molecule has 6 nitrogen and oxygen atoms in total. The Morgan fingerprint density at radius 1 is 0.923 bits per heavy atom. The van der Waals surface area contributed by atoms with Crippen LogP contribution < -0.4 is 5.56 Å². The topological polar surface area (TPSA) is 72.3 Å². The van der Waals surface area contributed by atoms with Gasteiger partial charge in [0.15, 0.2) is 0 Å². The Morgan fingerprint density at radius 2 is 1.62 bits per heavy atom. The van der Waals surface area contributed by atoms with E-state index in [1.807, 2.05) is 0 Å². The van der Waals surface area contributed by atoms with Gasteiger partial charge in [0.1, 0.15) is 5.82 Å². The lowest BCUT2D eigenvalue weighted by Gasteiger charge is -2.14. The van der Waals surface area contributed by atoms with Crippen molar-refractivity contribution >= 4 is 22.7 Å². The Kier molecular flexibility index (Phi) is 3.84. The zero-order chi connectivity index (χ0) is 18.3. The molecule has 3 aromatic rings. The molecule has 0 N–H and O–H groups in total. The van der Waals surface area contributed by atoms with E-state index in [1.165, 1.54) is 34.0 Å². The molecule has 0 saturated heterocycles. The molecule has 0 saturated carbocycles. The molecule has 0 spiro atoms. The van der Waals surface area contributed by atoms with Crippen molar-refractivity contribution in [2.24, 2.45) is 0 Å². The maximum absolute atomic E-state index is 13.2. The molecule has 2 heterocycles. The molecule has 130 valence electrons. The number of aryl methyl sites for hydroxylation is 1. The van der Waals surface area contributed by atoms with Crippen LogP contribution in [0.2, 0.25) is 0 Å². The standard InChI is InChI=1S/C19H14FN3O3/c20-12-6-7-15-16(10-12)21-11-22(17(15)24)8-3-9-23-18(25)13-4-1-2-5-14(13)19(23)26/h1-2,4-7,10-11H,3,8-9H2. The Labute approximate surface area is 147 Å². The van der Waals surface area contributed by atoms with Gasteiger partial charge in [-0.05, 0) is 30.7 Å². The molecule has 2 amide bonds. The van der Waals surface area contributed by atoms with Crippen LogP contribution in [0.1, 0.15) is 27.1 Å². The van der Waals surface area contributed by atoms with E-state index >= 15 is 0 Å². The molecule has 2 aromatic carbocycles. The smallest absolute Gasteiger partial charge is 0.261 e. The van der Waals surface area contributed by atoms with Gasteiger partial charge in [-0.25, -0.2) is 9.37 Å². The number of benzene rings is 2. The van der Waals surface area contributed by atoms with E-state index in [4.69, 9.17) is 0 Å². The van der Waals surface area contributed by atoms with Crippen molar-refractivity contribution in [1.82, 2.24) is 14.5 Å². The van der Waals surface area contributed by atoms with E-state index in [9.17, 15) is 18.8 Å². The fourth-order valence-corrected chi connectivity index (χ4v) is 3.13. The summed E-state index contributed by atoms with van der Waals surface area (Å²) in [6.07, 6.45) is 1.77. The maximum atomic E-state index is 13.2. The molecule has 4 rings (SSSR count). The molecule has 1 aliphatic rings. The molecular formula is C19H14FN3O3. The molecule has 0 aliphatic carbocycles. The first kappa shape index (κ1) is 16.1. The lowest BCUT2D eigenvalue weighted by Crippen LogP contribution is -2.32. The highest BCUT2D eigenvalue weighted by atomic mass is 19.1. The number of halogens is 1.